The molecule has 0 radical (unpaired) electrons. The van der Waals surface area contributed by atoms with Gasteiger partial charge < -0.3 is 15.2 Å². The van der Waals surface area contributed by atoms with E-state index in [4.69, 9.17) is 4.74 Å². The fourth-order valence-electron chi connectivity index (χ4n) is 1.56. The van der Waals surface area contributed by atoms with Crippen molar-refractivity contribution in [3.8, 4) is 0 Å². The molecule has 1 amide bonds. The Morgan fingerprint density at radius 1 is 1.41 bits per heavy atom. The topological polar surface area (TPSA) is 58.6 Å². The third-order valence-electron chi connectivity index (χ3n) is 2.57. The maximum Gasteiger partial charge on any atom is 0.225 e. The van der Waals surface area contributed by atoms with Crippen molar-refractivity contribution in [3.63, 3.8) is 0 Å². The highest BCUT2D eigenvalue weighted by atomic mass is 16.5. The normalized spacial score (nSPS) is 14.1. The van der Waals surface area contributed by atoms with Crippen LogP contribution < -0.4 is 5.32 Å². The van der Waals surface area contributed by atoms with Crippen molar-refractivity contribution in [3.05, 3.63) is 35.9 Å². The lowest BCUT2D eigenvalue weighted by atomic mass is 10.1. The van der Waals surface area contributed by atoms with E-state index in [1.54, 1.807) is 14.0 Å². The molecule has 0 spiro atoms. The third kappa shape index (κ3) is 4.17. The lowest BCUT2D eigenvalue weighted by molar-refractivity contribution is -0.127. The number of ether oxygens (including phenoxy) is 1. The molecule has 0 aliphatic rings. The monoisotopic (exact) mass is 237 g/mol. The van der Waals surface area contributed by atoms with E-state index in [9.17, 15) is 9.90 Å². The second-order valence-corrected chi connectivity index (χ2v) is 4.01. The summed E-state index contributed by atoms with van der Waals surface area (Å²) in [4.78, 5) is 11.8. The standard InChI is InChI=1S/C13H19NO3/c1-10(9-17-2)13(16)14-12(8-15)11-6-4-3-5-7-11/h3-7,10,12,15H,8-9H2,1-2H3,(H,14,16)/t10-,12+/m1/s1. The number of rotatable bonds is 6. The lowest BCUT2D eigenvalue weighted by Crippen LogP contribution is -2.36. The zero-order valence-corrected chi connectivity index (χ0v) is 10.2. The minimum Gasteiger partial charge on any atom is -0.394 e. The first-order valence-electron chi connectivity index (χ1n) is 5.64. The van der Waals surface area contributed by atoms with Crippen LogP contribution in [0.15, 0.2) is 30.3 Å². The molecule has 0 fully saturated rings. The molecule has 94 valence electrons. The number of aliphatic hydroxyl groups excluding tert-OH is 1. The summed E-state index contributed by atoms with van der Waals surface area (Å²) < 4.78 is 4.92. The molecule has 17 heavy (non-hydrogen) atoms. The van der Waals surface area contributed by atoms with Crippen LogP contribution in [0.25, 0.3) is 0 Å². The van der Waals surface area contributed by atoms with Gasteiger partial charge in [-0.05, 0) is 5.56 Å². The Bertz CT molecular complexity index is 340. The lowest BCUT2D eigenvalue weighted by Gasteiger charge is -2.19. The van der Waals surface area contributed by atoms with E-state index in [-0.39, 0.29) is 24.5 Å². The first kappa shape index (κ1) is 13.7. The van der Waals surface area contributed by atoms with E-state index in [1.165, 1.54) is 0 Å². The van der Waals surface area contributed by atoms with Crippen molar-refractivity contribution >= 4 is 5.91 Å². The SMILES string of the molecule is COC[C@@H](C)C(=O)N[C@@H](CO)c1ccccc1. The van der Waals surface area contributed by atoms with Crippen LogP contribution in [-0.2, 0) is 9.53 Å². The summed E-state index contributed by atoms with van der Waals surface area (Å²) in [5.74, 6) is -0.340. The van der Waals surface area contributed by atoms with Gasteiger partial charge in [-0.3, -0.25) is 4.79 Å². The number of nitrogens with one attached hydrogen (secondary N) is 1. The number of benzene rings is 1. The first-order valence-corrected chi connectivity index (χ1v) is 5.64. The van der Waals surface area contributed by atoms with Crippen molar-refractivity contribution in [2.75, 3.05) is 20.3 Å². The van der Waals surface area contributed by atoms with Crippen LogP contribution in [0.5, 0.6) is 0 Å². The van der Waals surface area contributed by atoms with Crippen LogP contribution in [0.3, 0.4) is 0 Å². The molecule has 0 aliphatic carbocycles. The Labute approximate surface area is 102 Å². The molecule has 0 unspecified atom stereocenters. The summed E-state index contributed by atoms with van der Waals surface area (Å²) in [5.41, 5.74) is 0.896. The van der Waals surface area contributed by atoms with Gasteiger partial charge in [0, 0.05) is 7.11 Å². The third-order valence-corrected chi connectivity index (χ3v) is 2.57. The Kier molecular flexibility index (Phi) is 5.66. The molecule has 2 N–H and O–H groups in total. The van der Waals surface area contributed by atoms with Gasteiger partial charge in [-0.1, -0.05) is 37.3 Å². The molecule has 1 aromatic rings. The second kappa shape index (κ2) is 7.04. The van der Waals surface area contributed by atoms with E-state index < -0.39 is 0 Å². The van der Waals surface area contributed by atoms with Crippen LogP contribution in [0.2, 0.25) is 0 Å². The van der Waals surface area contributed by atoms with E-state index in [1.807, 2.05) is 30.3 Å². The van der Waals surface area contributed by atoms with Gasteiger partial charge >= 0.3 is 0 Å². The molecular weight excluding hydrogens is 218 g/mol. The van der Waals surface area contributed by atoms with Crippen LogP contribution in [-0.4, -0.2) is 31.3 Å². The minimum absolute atomic E-state index is 0.116. The predicted octanol–water partition coefficient (Wildman–Crippen LogP) is 1.12. The molecule has 0 bridgehead atoms. The van der Waals surface area contributed by atoms with Crippen LogP contribution in [0, 0.1) is 5.92 Å². The average molecular weight is 237 g/mol. The van der Waals surface area contributed by atoms with Gasteiger partial charge in [-0.25, -0.2) is 0 Å². The fourth-order valence-corrected chi connectivity index (χ4v) is 1.56. The smallest absolute Gasteiger partial charge is 0.225 e. The number of carbonyl (C=O) groups excluding carboxylic acids is 1. The van der Waals surface area contributed by atoms with E-state index >= 15 is 0 Å². The highest BCUT2D eigenvalue weighted by Crippen LogP contribution is 2.12. The summed E-state index contributed by atoms with van der Waals surface area (Å²) in [5, 5.41) is 12.1. The molecule has 2 atom stereocenters. The van der Waals surface area contributed by atoms with Crippen molar-refractivity contribution in [2.45, 2.75) is 13.0 Å². The maximum absolute atomic E-state index is 11.8. The van der Waals surface area contributed by atoms with Crippen molar-refractivity contribution < 1.29 is 14.6 Å². The van der Waals surface area contributed by atoms with E-state index in [0.717, 1.165) is 5.56 Å². The maximum atomic E-state index is 11.8. The number of hydrogen-bond acceptors (Lipinski definition) is 3. The van der Waals surface area contributed by atoms with Gasteiger partial charge in [0.15, 0.2) is 0 Å². The molecule has 0 saturated carbocycles. The molecule has 4 heteroatoms. The van der Waals surface area contributed by atoms with E-state index in [0.29, 0.717) is 6.61 Å². The molecule has 0 aromatic heterocycles. The molecule has 1 rings (SSSR count). The Morgan fingerprint density at radius 2 is 2.06 bits per heavy atom. The minimum atomic E-state index is -0.358. The Balaban J connectivity index is 2.62. The number of aliphatic hydroxyl groups is 1. The molecule has 1 aromatic carbocycles. The molecule has 0 aliphatic heterocycles. The molecule has 4 nitrogen and oxygen atoms in total. The summed E-state index contributed by atoms with van der Waals surface area (Å²) in [6, 6.07) is 9.05. The number of carbonyl (C=O) groups is 1. The second-order valence-electron chi connectivity index (χ2n) is 4.01. The fraction of sp³-hybridized carbons (Fsp3) is 0.462. The van der Waals surface area contributed by atoms with Gasteiger partial charge in [0.25, 0.3) is 0 Å². The highest BCUT2D eigenvalue weighted by molar-refractivity contribution is 5.78. The van der Waals surface area contributed by atoms with Crippen LogP contribution in [0.1, 0.15) is 18.5 Å². The largest absolute Gasteiger partial charge is 0.394 e. The van der Waals surface area contributed by atoms with Gasteiger partial charge in [0.05, 0.1) is 25.2 Å². The first-order chi connectivity index (χ1) is 8.19. The predicted molar refractivity (Wildman–Crippen MR) is 65.5 cm³/mol. The van der Waals surface area contributed by atoms with Crippen molar-refractivity contribution in [1.29, 1.82) is 0 Å². The summed E-state index contributed by atoms with van der Waals surface area (Å²) in [7, 11) is 1.56. The van der Waals surface area contributed by atoms with Crippen molar-refractivity contribution in [1.82, 2.24) is 5.32 Å². The van der Waals surface area contributed by atoms with Gasteiger partial charge in [-0.2, -0.15) is 0 Å². The summed E-state index contributed by atoms with van der Waals surface area (Å²) in [6.07, 6.45) is 0. The molecule has 0 saturated heterocycles. The zero-order valence-electron chi connectivity index (χ0n) is 10.2. The van der Waals surface area contributed by atoms with Crippen LogP contribution in [0.4, 0.5) is 0 Å². The Hall–Kier alpha value is -1.39. The van der Waals surface area contributed by atoms with Gasteiger partial charge in [-0.15, -0.1) is 0 Å². The zero-order chi connectivity index (χ0) is 12.7. The van der Waals surface area contributed by atoms with Gasteiger partial charge in [0.2, 0.25) is 5.91 Å². The van der Waals surface area contributed by atoms with E-state index in [2.05, 4.69) is 5.32 Å². The molecule has 0 heterocycles. The molecular formula is C13H19NO3. The van der Waals surface area contributed by atoms with Crippen LogP contribution >= 0.6 is 0 Å². The summed E-state index contributed by atoms with van der Waals surface area (Å²) in [6.45, 7) is 2.05. The van der Waals surface area contributed by atoms with Crippen molar-refractivity contribution in [2.24, 2.45) is 5.92 Å². The number of amides is 1. The Morgan fingerprint density at radius 3 is 2.59 bits per heavy atom. The summed E-state index contributed by atoms with van der Waals surface area (Å²) >= 11 is 0. The quantitative estimate of drug-likeness (QED) is 0.779. The number of hydrogen-bond donors (Lipinski definition) is 2. The number of methoxy groups -OCH3 is 1. The van der Waals surface area contributed by atoms with Gasteiger partial charge in [0.1, 0.15) is 0 Å². The highest BCUT2D eigenvalue weighted by Gasteiger charge is 2.17. The average Bonchev–Trinajstić information content (AvgIpc) is 2.37.